The Balaban J connectivity index is 2.19. The van der Waals surface area contributed by atoms with Crippen molar-refractivity contribution in [2.24, 2.45) is 0 Å². The van der Waals surface area contributed by atoms with Crippen molar-refractivity contribution in [3.8, 4) is 0 Å². The summed E-state index contributed by atoms with van der Waals surface area (Å²) in [5.74, 6) is -1.15. The van der Waals surface area contributed by atoms with Crippen LogP contribution in [0.4, 0.5) is 0 Å². The van der Waals surface area contributed by atoms with Crippen LogP contribution in [0.5, 0.6) is 0 Å². The van der Waals surface area contributed by atoms with E-state index in [1.54, 1.807) is 0 Å². The second kappa shape index (κ2) is 5.84. The first kappa shape index (κ1) is 13.5. The molecule has 102 valence electrons. The van der Waals surface area contributed by atoms with Gasteiger partial charge in [-0.1, -0.05) is 30.3 Å². The van der Waals surface area contributed by atoms with Crippen LogP contribution in [0.3, 0.4) is 0 Å². The molecule has 0 radical (unpaired) electrons. The van der Waals surface area contributed by atoms with E-state index in [-0.39, 0.29) is 18.4 Å². The molecule has 1 aromatic rings. The average Bonchev–Trinajstić information content (AvgIpc) is 2.41. The third kappa shape index (κ3) is 3.12. The van der Waals surface area contributed by atoms with Crippen LogP contribution in [0.1, 0.15) is 24.9 Å². The third-order valence-corrected chi connectivity index (χ3v) is 3.52. The second-order valence-electron chi connectivity index (χ2n) is 4.73. The molecule has 0 spiro atoms. The predicted molar refractivity (Wildman–Crippen MR) is 70.6 cm³/mol. The van der Waals surface area contributed by atoms with Crippen LogP contribution in [-0.4, -0.2) is 41.0 Å². The summed E-state index contributed by atoms with van der Waals surface area (Å²) in [5.41, 5.74) is 1.09. The molecule has 1 aliphatic heterocycles. The minimum atomic E-state index is -0.952. The molecule has 0 saturated carbocycles. The standard InChI is InChI=1S/C14H18N2O3/c1-10(11-5-3-2-4-6-11)16-8-7-15-14(19)12(16)9-13(17)18/h2-6,10,12H,7-9H2,1H3,(H,15,19)(H,17,18). The van der Waals surface area contributed by atoms with Crippen LogP contribution in [0.25, 0.3) is 0 Å². The van der Waals surface area contributed by atoms with Gasteiger partial charge in [0.15, 0.2) is 0 Å². The number of aliphatic carboxylic acids is 1. The minimum absolute atomic E-state index is 0.0246. The highest BCUT2D eigenvalue weighted by Gasteiger charge is 2.34. The Morgan fingerprint density at radius 3 is 2.79 bits per heavy atom. The zero-order chi connectivity index (χ0) is 13.8. The number of amides is 1. The monoisotopic (exact) mass is 262 g/mol. The lowest BCUT2D eigenvalue weighted by Gasteiger charge is -2.38. The van der Waals surface area contributed by atoms with Crippen LogP contribution in [0.15, 0.2) is 30.3 Å². The van der Waals surface area contributed by atoms with Gasteiger partial charge in [0.2, 0.25) is 5.91 Å². The van der Waals surface area contributed by atoms with E-state index in [2.05, 4.69) is 5.32 Å². The second-order valence-corrected chi connectivity index (χ2v) is 4.73. The van der Waals surface area contributed by atoms with Gasteiger partial charge in [0.05, 0.1) is 6.42 Å². The van der Waals surface area contributed by atoms with Crippen LogP contribution in [0.2, 0.25) is 0 Å². The molecule has 5 nitrogen and oxygen atoms in total. The van der Waals surface area contributed by atoms with E-state index < -0.39 is 12.0 Å². The molecule has 1 amide bonds. The molecule has 1 saturated heterocycles. The lowest BCUT2D eigenvalue weighted by atomic mass is 10.0. The average molecular weight is 262 g/mol. The van der Waals surface area contributed by atoms with Gasteiger partial charge in [0, 0.05) is 19.1 Å². The lowest BCUT2D eigenvalue weighted by molar-refractivity contribution is -0.143. The number of carboxylic acids is 1. The highest BCUT2D eigenvalue weighted by atomic mass is 16.4. The number of rotatable bonds is 4. The fraction of sp³-hybridized carbons (Fsp3) is 0.429. The van der Waals surface area contributed by atoms with E-state index in [0.29, 0.717) is 13.1 Å². The van der Waals surface area contributed by atoms with Gasteiger partial charge < -0.3 is 10.4 Å². The van der Waals surface area contributed by atoms with Crippen molar-refractivity contribution >= 4 is 11.9 Å². The summed E-state index contributed by atoms with van der Waals surface area (Å²) >= 11 is 0. The molecule has 0 bridgehead atoms. The van der Waals surface area contributed by atoms with E-state index in [1.807, 2.05) is 42.2 Å². The Morgan fingerprint density at radius 2 is 2.16 bits per heavy atom. The largest absolute Gasteiger partial charge is 0.481 e. The Hall–Kier alpha value is -1.88. The molecule has 1 aromatic carbocycles. The Bertz CT molecular complexity index is 461. The number of benzene rings is 1. The number of piperazine rings is 1. The van der Waals surface area contributed by atoms with Crippen molar-refractivity contribution in [3.05, 3.63) is 35.9 Å². The molecule has 0 aliphatic carbocycles. The topological polar surface area (TPSA) is 69.6 Å². The van der Waals surface area contributed by atoms with Crippen molar-refractivity contribution in [1.82, 2.24) is 10.2 Å². The van der Waals surface area contributed by atoms with Crippen molar-refractivity contribution in [1.29, 1.82) is 0 Å². The van der Waals surface area contributed by atoms with Gasteiger partial charge in [0.25, 0.3) is 0 Å². The van der Waals surface area contributed by atoms with E-state index in [9.17, 15) is 9.59 Å². The third-order valence-electron chi connectivity index (χ3n) is 3.52. The number of carbonyl (C=O) groups is 2. The normalized spacial score (nSPS) is 21.7. The number of hydrogen-bond donors (Lipinski definition) is 2. The number of hydrogen-bond acceptors (Lipinski definition) is 3. The summed E-state index contributed by atoms with van der Waals surface area (Å²) in [6.45, 7) is 3.23. The summed E-state index contributed by atoms with van der Waals surface area (Å²) in [5, 5.41) is 11.7. The zero-order valence-electron chi connectivity index (χ0n) is 10.9. The van der Waals surface area contributed by atoms with E-state index in [1.165, 1.54) is 0 Å². The fourth-order valence-electron chi connectivity index (χ4n) is 2.49. The van der Waals surface area contributed by atoms with E-state index in [0.717, 1.165) is 5.56 Å². The summed E-state index contributed by atoms with van der Waals surface area (Å²) in [4.78, 5) is 24.7. The van der Waals surface area contributed by atoms with E-state index in [4.69, 9.17) is 5.11 Å². The summed E-state index contributed by atoms with van der Waals surface area (Å²) in [6.07, 6.45) is -0.164. The minimum Gasteiger partial charge on any atom is -0.481 e. The number of carboxylic acid groups (broad SMARTS) is 1. The van der Waals surface area contributed by atoms with Gasteiger partial charge >= 0.3 is 5.97 Å². The molecular weight excluding hydrogens is 244 g/mol. The number of carbonyl (C=O) groups excluding carboxylic acids is 1. The molecule has 2 atom stereocenters. The maximum Gasteiger partial charge on any atom is 0.305 e. The zero-order valence-corrected chi connectivity index (χ0v) is 10.9. The van der Waals surface area contributed by atoms with Crippen molar-refractivity contribution in [2.75, 3.05) is 13.1 Å². The fourth-order valence-corrected chi connectivity index (χ4v) is 2.49. The van der Waals surface area contributed by atoms with Gasteiger partial charge in [-0.25, -0.2) is 0 Å². The van der Waals surface area contributed by atoms with Crippen LogP contribution in [-0.2, 0) is 9.59 Å². The van der Waals surface area contributed by atoms with Crippen molar-refractivity contribution < 1.29 is 14.7 Å². The highest BCUT2D eigenvalue weighted by Crippen LogP contribution is 2.24. The number of nitrogens with zero attached hydrogens (tertiary/aromatic N) is 1. The van der Waals surface area contributed by atoms with Crippen molar-refractivity contribution in [2.45, 2.75) is 25.4 Å². The van der Waals surface area contributed by atoms with Gasteiger partial charge in [-0.2, -0.15) is 0 Å². The molecule has 2 unspecified atom stereocenters. The lowest BCUT2D eigenvalue weighted by Crippen LogP contribution is -2.56. The maximum atomic E-state index is 11.9. The molecule has 1 fully saturated rings. The molecule has 2 N–H and O–H groups in total. The van der Waals surface area contributed by atoms with Gasteiger partial charge in [-0.05, 0) is 12.5 Å². The molecule has 2 rings (SSSR count). The first-order valence-electron chi connectivity index (χ1n) is 6.40. The first-order valence-corrected chi connectivity index (χ1v) is 6.40. The quantitative estimate of drug-likeness (QED) is 0.850. The molecule has 1 aliphatic rings. The Labute approximate surface area is 112 Å². The molecule has 0 aromatic heterocycles. The summed E-state index contributed by atoms with van der Waals surface area (Å²) in [6, 6.07) is 9.25. The Morgan fingerprint density at radius 1 is 1.47 bits per heavy atom. The smallest absolute Gasteiger partial charge is 0.305 e. The Kier molecular flexibility index (Phi) is 4.16. The summed E-state index contributed by atoms with van der Waals surface area (Å²) in [7, 11) is 0. The highest BCUT2D eigenvalue weighted by molar-refractivity contribution is 5.86. The maximum absolute atomic E-state index is 11.9. The molecule has 1 heterocycles. The molecular formula is C14H18N2O3. The van der Waals surface area contributed by atoms with E-state index >= 15 is 0 Å². The number of nitrogens with one attached hydrogen (secondary N) is 1. The van der Waals surface area contributed by atoms with Gasteiger partial charge in [-0.3, -0.25) is 14.5 Å². The SMILES string of the molecule is CC(c1ccccc1)N1CCNC(=O)C1CC(=O)O. The van der Waals surface area contributed by atoms with Crippen LogP contribution < -0.4 is 5.32 Å². The summed E-state index contributed by atoms with van der Waals surface area (Å²) < 4.78 is 0. The predicted octanol–water partition coefficient (Wildman–Crippen LogP) is 1.02. The molecule has 19 heavy (non-hydrogen) atoms. The van der Waals surface area contributed by atoms with Gasteiger partial charge in [-0.15, -0.1) is 0 Å². The first-order chi connectivity index (χ1) is 9.09. The van der Waals surface area contributed by atoms with Gasteiger partial charge in [0.1, 0.15) is 6.04 Å². The van der Waals surface area contributed by atoms with Crippen LogP contribution >= 0.6 is 0 Å². The van der Waals surface area contributed by atoms with Crippen molar-refractivity contribution in [3.63, 3.8) is 0 Å². The molecule has 5 heteroatoms. The van der Waals surface area contributed by atoms with Crippen LogP contribution in [0, 0.1) is 0 Å².